The van der Waals surface area contributed by atoms with Gasteiger partial charge in [0.05, 0.1) is 10.1 Å². The lowest BCUT2D eigenvalue weighted by Gasteiger charge is -2.28. The average molecular weight is 388 g/mol. The number of halogens is 1. The van der Waals surface area contributed by atoms with Crippen LogP contribution in [-0.2, 0) is 4.79 Å². The maximum absolute atomic E-state index is 12.5. The molecule has 0 unspecified atom stereocenters. The molecule has 0 spiro atoms. The highest BCUT2D eigenvalue weighted by Crippen LogP contribution is 2.26. The monoisotopic (exact) mass is 388 g/mol. The number of carbonyl (C=O) groups is 2. The van der Waals surface area contributed by atoms with Crippen molar-refractivity contribution in [2.24, 2.45) is 5.73 Å². The number of hydrogen-bond acceptors (Lipinski definition) is 3. The Morgan fingerprint density at radius 3 is 2.55 bits per heavy atom. The highest BCUT2D eigenvalue weighted by Gasteiger charge is 2.28. The third-order valence-electron chi connectivity index (χ3n) is 3.55. The van der Waals surface area contributed by atoms with E-state index in [2.05, 4.69) is 0 Å². The Morgan fingerprint density at radius 1 is 1.35 bits per heavy atom. The summed E-state index contributed by atoms with van der Waals surface area (Å²) >= 11 is 1.99. The predicted molar refractivity (Wildman–Crippen MR) is 83.3 cm³/mol. The second kappa shape index (κ2) is 6.43. The van der Waals surface area contributed by atoms with E-state index in [1.54, 1.807) is 12.1 Å². The Labute approximate surface area is 131 Å². The number of benzene rings is 1. The molecule has 0 bridgehead atoms. The zero-order chi connectivity index (χ0) is 14.7. The molecule has 1 saturated carbocycles. The number of aromatic hydroxyl groups is 1. The standard InChI is InChI=1S/C14H17IN2O3/c15-11-6-5-9(7-12(11)18)14(20)17(8-13(16)19)10-3-1-2-4-10/h5-7,10,18H,1-4,8H2,(H2,16,19). The van der Waals surface area contributed by atoms with E-state index >= 15 is 0 Å². The molecule has 1 aromatic carbocycles. The van der Waals surface area contributed by atoms with Crippen molar-refractivity contribution in [2.45, 2.75) is 31.7 Å². The third-order valence-corrected chi connectivity index (χ3v) is 4.46. The number of nitrogens with two attached hydrogens (primary N) is 1. The average Bonchev–Trinajstić information content (AvgIpc) is 2.92. The van der Waals surface area contributed by atoms with Gasteiger partial charge in [-0.25, -0.2) is 0 Å². The summed E-state index contributed by atoms with van der Waals surface area (Å²) in [7, 11) is 0. The van der Waals surface area contributed by atoms with Gasteiger partial charge in [-0.1, -0.05) is 12.8 Å². The van der Waals surface area contributed by atoms with Gasteiger partial charge < -0.3 is 15.7 Å². The fourth-order valence-corrected chi connectivity index (χ4v) is 2.90. The van der Waals surface area contributed by atoms with Crippen molar-refractivity contribution in [3.8, 4) is 5.75 Å². The maximum atomic E-state index is 12.5. The van der Waals surface area contributed by atoms with Gasteiger partial charge in [0.1, 0.15) is 5.75 Å². The molecule has 1 aromatic rings. The molecule has 2 amide bonds. The maximum Gasteiger partial charge on any atom is 0.254 e. The zero-order valence-electron chi connectivity index (χ0n) is 11.0. The lowest BCUT2D eigenvalue weighted by atomic mass is 10.1. The SMILES string of the molecule is NC(=O)CN(C(=O)c1ccc(I)c(O)c1)C1CCCC1. The largest absolute Gasteiger partial charge is 0.507 e. The Balaban J connectivity index is 2.24. The Bertz CT molecular complexity index is 527. The lowest BCUT2D eigenvalue weighted by molar-refractivity contribution is -0.119. The number of amides is 2. The summed E-state index contributed by atoms with van der Waals surface area (Å²) in [5.41, 5.74) is 5.63. The molecular formula is C14H17IN2O3. The zero-order valence-corrected chi connectivity index (χ0v) is 13.2. The van der Waals surface area contributed by atoms with E-state index < -0.39 is 5.91 Å². The van der Waals surface area contributed by atoms with Crippen LogP contribution in [0, 0.1) is 3.57 Å². The van der Waals surface area contributed by atoms with Gasteiger partial charge in [0.25, 0.3) is 5.91 Å². The number of nitrogens with zero attached hydrogens (tertiary/aromatic N) is 1. The fourth-order valence-electron chi connectivity index (χ4n) is 2.56. The normalized spacial score (nSPS) is 15.2. The molecular weight excluding hydrogens is 371 g/mol. The third kappa shape index (κ3) is 3.41. The van der Waals surface area contributed by atoms with E-state index in [-0.39, 0.29) is 24.2 Å². The summed E-state index contributed by atoms with van der Waals surface area (Å²) in [6.45, 7) is -0.0732. The van der Waals surface area contributed by atoms with Gasteiger partial charge in [0.2, 0.25) is 5.91 Å². The molecule has 1 aliphatic rings. The van der Waals surface area contributed by atoms with Gasteiger partial charge in [0, 0.05) is 11.6 Å². The summed E-state index contributed by atoms with van der Waals surface area (Å²) in [5, 5.41) is 9.71. The molecule has 0 aromatic heterocycles. The van der Waals surface area contributed by atoms with Crippen molar-refractivity contribution in [3.63, 3.8) is 0 Å². The number of rotatable bonds is 4. The first-order valence-electron chi connectivity index (χ1n) is 6.57. The van der Waals surface area contributed by atoms with Gasteiger partial charge >= 0.3 is 0 Å². The molecule has 108 valence electrons. The smallest absolute Gasteiger partial charge is 0.254 e. The molecule has 3 N–H and O–H groups in total. The van der Waals surface area contributed by atoms with E-state index in [9.17, 15) is 14.7 Å². The van der Waals surface area contributed by atoms with Crippen LogP contribution in [0.5, 0.6) is 5.75 Å². The molecule has 1 fully saturated rings. The Kier molecular flexibility index (Phi) is 4.85. The van der Waals surface area contributed by atoms with Crippen LogP contribution < -0.4 is 5.73 Å². The highest BCUT2D eigenvalue weighted by atomic mass is 127. The van der Waals surface area contributed by atoms with Gasteiger partial charge in [-0.2, -0.15) is 0 Å². The summed E-state index contributed by atoms with van der Waals surface area (Å²) in [6.07, 6.45) is 3.92. The van der Waals surface area contributed by atoms with Crippen LogP contribution >= 0.6 is 22.6 Å². The number of phenols is 1. The summed E-state index contributed by atoms with van der Waals surface area (Å²) in [5.74, 6) is -0.690. The molecule has 2 rings (SSSR count). The van der Waals surface area contributed by atoms with Crippen molar-refractivity contribution >= 4 is 34.4 Å². The fraction of sp³-hybridized carbons (Fsp3) is 0.429. The molecule has 0 heterocycles. The van der Waals surface area contributed by atoms with Crippen molar-refractivity contribution in [3.05, 3.63) is 27.3 Å². The van der Waals surface area contributed by atoms with Gasteiger partial charge in [-0.05, 0) is 53.6 Å². The number of carbonyl (C=O) groups excluding carboxylic acids is 2. The minimum absolute atomic E-state index is 0.0661. The van der Waals surface area contributed by atoms with E-state index in [4.69, 9.17) is 5.73 Å². The highest BCUT2D eigenvalue weighted by molar-refractivity contribution is 14.1. The summed E-state index contributed by atoms with van der Waals surface area (Å²) in [4.78, 5) is 25.3. The van der Waals surface area contributed by atoms with Crippen molar-refractivity contribution in [1.29, 1.82) is 0 Å². The molecule has 20 heavy (non-hydrogen) atoms. The molecule has 0 aliphatic heterocycles. The number of phenolic OH excluding ortho intramolecular Hbond substituents is 1. The summed E-state index contributed by atoms with van der Waals surface area (Å²) in [6, 6.07) is 4.84. The van der Waals surface area contributed by atoms with Gasteiger partial charge in [-0.15, -0.1) is 0 Å². The van der Waals surface area contributed by atoms with Crippen molar-refractivity contribution in [1.82, 2.24) is 4.90 Å². The van der Waals surface area contributed by atoms with E-state index in [1.165, 1.54) is 11.0 Å². The minimum atomic E-state index is -0.514. The second-order valence-electron chi connectivity index (χ2n) is 5.00. The van der Waals surface area contributed by atoms with Crippen LogP contribution in [0.25, 0.3) is 0 Å². The second-order valence-corrected chi connectivity index (χ2v) is 6.17. The first kappa shape index (κ1) is 15.1. The molecule has 0 saturated heterocycles. The van der Waals surface area contributed by atoms with E-state index in [0.717, 1.165) is 25.7 Å². The predicted octanol–water partition coefficient (Wildman–Crippen LogP) is 1.87. The molecule has 0 radical (unpaired) electrons. The van der Waals surface area contributed by atoms with Crippen molar-refractivity contribution in [2.75, 3.05) is 6.54 Å². The van der Waals surface area contributed by atoms with Crippen LogP contribution in [0.3, 0.4) is 0 Å². The molecule has 1 aliphatic carbocycles. The number of primary amides is 1. The van der Waals surface area contributed by atoms with Gasteiger partial charge in [0.15, 0.2) is 0 Å². The number of hydrogen-bond donors (Lipinski definition) is 2. The molecule has 0 atom stereocenters. The van der Waals surface area contributed by atoms with Crippen LogP contribution in [0.15, 0.2) is 18.2 Å². The Morgan fingerprint density at radius 2 is 2.00 bits per heavy atom. The molecule has 6 heteroatoms. The van der Waals surface area contributed by atoms with Gasteiger partial charge in [-0.3, -0.25) is 9.59 Å². The minimum Gasteiger partial charge on any atom is -0.507 e. The van der Waals surface area contributed by atoms with E-state index in [1.807, 2.05) is 22.6 Å². The van der Waals surface area contributed by atoms with Crippen LogP contribution in [0.4, 0.5) is 0 Å². The summed E-state index contributed by atoms with van der Waals surface area (Å²) < 4.78 is 0.682. The van der Waals surface area contributed by atoms with Crippen molar-refractivity contribution < 1.29 is 14.7 Å². The topological polar surface area (TPSA) is 83.6 Å². The van der Waals surface area contributed by atoms with E-state index in [0.29, 0.717) is 9.13 Å². The van der Waals surface area contributed by atoms with Crippen LogP contribution in [0.1, 0.15) is 36.0 Å². The Hall–Kier alpha value is -1.31. The first-order chi connectivity index (χ1) is 9.49. The van der Waals surface area contributed by atoms with Crippen LogP contribution in [0.2, 0.25) is 0 Å². The lowest BCUT2D eigenvalue weighted by Crippen LogP contribution is -2.44. The van der Waals surface area contributed by atoms with Crippen LogP contribution in [-0.4, -0.2) is 34.4 Å². The quantitative estimate of drug-likeness (QED) is 0.773. The molecule has 5 nitrogen and oxygen atoms in total. The first-order valence-corrected chi connectivity index (χ1v) is 7.64.